The first kappa shape index (κ1) is 14.1. The molecule has 4 nitrogen and oxygen atoms in total. The van der Waals surface area contributed by atoms with E-state index in [0.717, 1.165) is 11.0 Å². The molecule has 2 atom stereocenters. The number of hydrogen-bond acceptors (Lipinski definition) is 4. The van der Waals surface area contributed by atoms with Gasteiger partial charge in [0.25, 0.3) is 0 Å². The molecule has 2 aromatic rings. The number of nitrogens with zero attached hydrogens (tertiary/aromatic N) is 3. The van der Waals surface area contributed by atoms with E-state index >= 15 is 0 Å². The number of nitrogens with two attached hydrogens (primary N) is 1. The summed E-state index contributed by atoms with van der Waals surface area (Å²) < 4.78 is 2.00. The van der Waals surface area contributed by atoms with Crippen molar-refractivity contribution >= 4 is 11.8 Å². The summed E-state index contributed by atoms with van der Waals surface area (Å²) >= 11 is 1.68. The van der Waals surface area contributed by atoms with Gasteiger partial charge in [0.05, 0.1) is 5.25 Å². The van der Waals surface area contributed by atoms with Crippen LogP contribution >= 0.6 is 11.8 Å². The van der Waals surface area contributed by atoms with Crippen LogP contribution in [0.25, 0.3) is 0 Å². The summed E-state index contributed by atoms with van der Waals surface area (Å²) in [6.07, 6.45) is 0. The van der Waals surface area contributed by atoms with Crippen LogP contribution in [0.2, 0.25) is 0 Å². The van der Waals surface area contributed by atoms with Crippen molar-refractivity contribution in [3.05, 3.63) is 41.2 Å². The van der Waals surface area contributed by atoms with Gasteiger partial charge in [-0.15, -0.1) is 10.2 Å². The smallest absolute Gasteiger partial charge is 0.191 e. The molecule has 1 aromatic carbocycles. The molecular formula is C14H20N4S. The van der Waals surface area contributed by atoms with Crippen LogP contribution in [0.5, 0.6) is 0 Å². The van der Waals surface area contributed by atoms with E-state index in [2.05, 4.69) is 35.3 Å². The molecule has 0 aliphatic heterocycles. The number of thioether (sulfide) groups is 1. The third kappa shape index (κ3) is 2.98. The second kappa shape index (κ2) is 5.75. The van der Waals surface area contributed by atoms with Crippen LogP contribution in [0.15, 0.2) is 29.4 Å². The highest BCUT2D eigenvalue weighted by Crippen LogP contribution is 2.37. The third-order valence-electron chi connectivity index (χ3n) is 3.26. The van der Waals surface area contributed by atoms with Crippen LogP contribution in [0.1, 0.15) is 29.1 Å². The van der Waals surface area contributed by atoms with Crippen molar-refractivity contribution in [3.8, 4) is 0 Å². The first-order chi connectivity index (χ1) is 9.00. The lowest BCUT2D eigenvalue weighted by atomic mass is 10.0. The molecule has 2 unspecified atom stereocenters. The number of benzene rings is 1. The lowest BCUT2D eigenvalue weighted by molar-refractivity contribution is 0.704. The fourth-order valence-electron chi connectivity index (χ4n) is 1.96. The Morgan fingerprint density at radius 1 is 1.21 bits per heavy atom. The summed E-state index contributed by atoms with van der Waals surface area (Å²) in [6, 6.07) is 8.41. The molecule has 19 heavy (non-hydrogen) atoms. The third-order valence-corrected chi connectivity index (χ3v) is 4.76. The Morgan fingerprint density at radius 3 is 2.42 bits per heavy atom. The molecule has 0 fully saturated rings. The zero-order chi connectivity index (χ0) is 14.0. The number of aromatic nitrogens is 3. The van der Waals surface area contributed by atoms with E-state index in [-0.39, 0.29) is 11.3 Å². The van der Waals surface area contributed by atoms with Crippen molar-refractivity contribution < 1.29 is 0 Å². The molecule has 0 aliphatic carbocycles. The maximum absolute atomic E-state index is 6.16. The van der Waals surface area contributed by atoms with Gasteiger partial charge in [0.15, 0.2) is 5.16 Å². The lowest BCUT2D eigenvalue weighted by Gasteiger charge is -2.21. The van der Waals surface area contributed by atoms with Gasteiger partial charge in [-0.1, -0.05) is 36.0 Å². The Kier molecular flexibility index (Phi) is 4.27. The van der Waals surface area contributed by atoms with Gasteiger partial charge in [-0.3, -0.25) is 0 Å². The predicted molar refractivity (Wildman–Crippen MR) is 79.2 cm³/mol. The van der Waals surface area contributed by atoms with Crippen LogP contribution in [0.4, 0.5) is 0 Å². The second-order valence-corrected chi connectivity index (χ2v) is 5.95. The Hall–Kier alpha value is -1.33. The minimum absolute atomic E-state index is 0.0445. The molecule has 5 heteroatoms. The Morgan fingerprint density at radius 2 is 1.89 bits per heavy atom. The maximum atomic E-state index is 6.16. The minimum Gasteiger partial charge on any atom is -0.327 e. The van der Waals surface area contributed by atoms with E-state index in [1.807, 2.05) is 31.5 Å². The molecule has 1 heterocycles. The number of hydrogen-bond donors (Lipinski definition) is 1. The molecule has 0 spiro atoms. The SMILES string of the molecule is Cc1ccccc1C(Sc1nnc(C)n1C)C(C)N. The molecular weight excluding hydrogens is 256 g/mol. The molecule has 0 aliphatic rings. The van der Waals surface area contributed by atoms with Crippen molar-refractivity contribution in [2.45, 2.75) is 37.2 Å². The van der Waals surface area contributed by atoms with Crippen LogP contribution in [-0.4, -0.2) is 20.8 Å². The summed E-state index contributed by atoms with van der Waals surface area (Å²) in [5, 5.41) is 9.40. The van der Waals surface area contributed by atoms with E-state index < -0.39 is 0 Å². The van der Waals surface area contributed by atoms with E-state index in [4.69, 9.17) is 5.73 Å². The molecule has 1 aromatic heterocycles. The van der Waals surface area contributed by atoms with E-state index in [0.29, 0.717) is 0 Å². The average Bonchev–Trinajstić information content (AvgIpc) is 2.68. The van der Waals surface area contributed by atoms with Crippen molar-refractivity contribution in [1.82, 2.24) is 14.8 Å². The maximum Gasteiger partial charge on any atom is 0.191 e. The zero-order valence-electron chi connectivity index (χ0n) is 11.8. The van der Waals surface area contributed by atoms with Crippen LogP contribution in [-0.2, 0) is 7.05 Å². The normalized spacial score (nSPS) is 14.4. The summed E-state index contributed by atoms with van der Waals surface area (Å²) in [4.78, 5) is 0. The standard InChI is InChI=1S/C14H20N4S/c1-9-7-5-6-8-12(9)13(10(2)15)19-14-17-16-11(3)18(14)4/h5-8,10,13H,15H2,1-4H3. The lowest BCUT2D eigenvalue weighted by Crippen LogP contribution is -2.23. The van der Waals surface area contributed by atoms with E-state index in [9.17, 15) is 0 Å². The highest BCUT2D eigenvalue weighted by atomic mass is 32.2. The van der Waals surface area contributed by atoms with Gasteiger partial charge in [-0.2, -0.15) is 0 Å². The largest absolute Gasteiger partial charge is 0.327 e. The van der Waals surface area contributed by atoms with Crippen molar-refractivity contribution in [2.24, 2.45) is 12.8 Å². The predicted octanol–water partition coefficient (Wildman–Crippen LogP) is 2.61. The van der Waals surface area contributed by atoms with Gasteiger partial charge in [0.1, 0.15) is 5.82 Å². The van der Waals surface area contributed by atoms with E-state index in [1.165, 1.54) is 11.1 Å². The van der Waals surface area contributed by atoms with Crippen molar-refractivity contribution in [3.63, 3.8) is 0 Å². The fraction of sp³-hybridized carbons (Fsp3) is 0.429. The molecule has 2 rings (SSSR count). The van der Waals surface area contributed by atoms with Crippen LogP contribution < -0.4 is 5.73 Å². The molecule has 0 bridgehead atoms. The first-order valence-corrected chi connectivity index (χ1v) is 7.22. The van der Waals surface area contributed by atoms with Gasteiger partial charge in [0, 0.05) is 13.1 Å². The molecule has 2 N–H and O–H groups in total. The summed E-state index contributed by atoms with van der Waals surface area (Å²) in [5.41, 5.74) is 8.69. The van der Waals surface area contributed by atoms with Crippen LogP contribution in [0.3, 0.4) is 0 Å². The molecule has 0 amide bonds. The second-order valence-electron chi connectivity index (χ2n) is 4.84. The minimum atomic E-state index is 0.0445. The molecule has 0 radical (unpaired) electrons. The van der Waals surface area contributed by atoms with Gasteiger partial charge in [-0.25, -0.2) is 0 Å². The van der Waals surface area contributed by atoms with E-state index in [1.54, 1.807) is 11.8 Å². The summed E-state index contributed by atoms with van der Waals surface area (Å²) in [5.74, 6) is 0.913. The van der Waals surface area contributed by atoms with Gasteiger partial charge >= 0.3 is 0 Å². The zero-order valence-corrected chi connectivity index (χ0v) is 12.6. The monoisotopic (exact) mass is 276 g/mol. The van der Waals surface area contributed by atoms with Gasteiger partial charge < -0.3 is 10.3 Å². The molecule has 0 saturated carbocycles. The molecule has 0 saturated heterocycles. The van der Waals surface area contributed by atoms with Gasteiger partial charge in [0.2, 0.25) is 0 Å². The number of aryl methyl sites for hydroxylation is 2. The molecule has 102 valence electrons. The highest BCUT2D eigenvalue weighted by molar-refractivity contribution is 7.99. The highest BCUT2D eigenvalue weighted by Gasteiger charge is 2.22. The summed E-state index contributed by atoms with van der Waals surface area (Å²) in [7, 11) is 1.98. The Bertz CT molecular complexity index is 562. The average molecular weight is 276 g/mol. The fourth-order valence-corrected chi connectivity index (χ4v) is 3.18. The Labute approximate surface area is 118 Å². The quantitative estimate of drug-likeness (QED) is 0.872. The number of rotatable bonds is 4. The first-order valence-electron chi connectivity index (χ1n) is 6.34. The Balaban J connectivity index is 2.32. The van der Waals surface area contributed by atoms with Gasteiger partial charge in [-0.05, 0) is 31.9 Å². The summed E-state index contributed by atoms with van der Waals surface area (Å²) in [6.45, 7) is 6.10. The van der Waals surface area contributed by atoms with Crippen molar-refractivity contribution in [1.29, 1.82) is 0 Å². The van der Waals surface area contributed by atoms with Crippen LogP contribution in [0, 0.1) is 13.8 Å². The topological polar surface area (TPSA) is 56.7 Å². The van der Waals surface area contributed by atoms with Crippen molar-refractivity contribution in [2.75, 3.05) is 0 Å².